The lowest BCUT2D eigenvalue weighted by molar-refractivity contribution is -0.122. The average molecular weight is 322 g/mol. The zero-order valence-electron chi connectivity index (χ0n) is 14.0. The van der Waals surface area contributed by atoms with Gasteiger partial charge in [-0.2, -0.15) is 0 Å². The van der Waals surface area contributed by atoms with Gasteiger partial charge in [0.25, 0.3) is 0 Å². The van der Waals surface area contributed by atoms with Crippen molar-refractivity contribution in [1.82, 2.24) is 10.6 Å². The fourth-order valence-corrected chi connectivity index (χ4v) is 3.00. The van der Waals surface area contributed by atoms with Gasteiger partial charge in [-0.05, 0) is 56.8 Å². The van der Waals surface area contributed by atoms with Crippen LogP contribution >= 0.6 is 0 Å². The van der Waals surface area contributed by atoms with Crippen molar-refractivity contribution in [3.63, 3.8) is 0 Å². The second-order valence-corrected chi connectivity index (χ2v) is 6.43. The largest absolute Gasteiger partial charge is 0.486 e. The molecule has 1 aliphatic rings. The molecule has 1 saturated heterocycles. The Kier molecular flexibility index (Phi) is 6.84. The molecule has 4 nitrogen and oxygen atoms in total. The maximum absolute atomic E-state index is 13.5. The number of carbonyl (C=O) groups excluding carboxylic acids is 1. The standard InChI is InChI=1S/C18H27FN2O2/c1-13(15-7-9-20-10-8-15)11-18(22)21-12-14(2)23-17-6-4-3-5-16(17)19/h3-6,13-15,20H,7-12H2,1-2H3,(H,21,22). The van der Waals surface area contributed by atoms with E-state index in [1.807, 2.05) is 6.92 Å². The Morgan fingerprint density at radius 2 is 2.04 bits per heavy atom. The van der Waals surface area contributed by atoms with Gasteiger partial charge in [-0.15, -0.1) is 0 Å². The van der Waals surface area contributed by atoms with Crippen molar-refractivity contribution in [3.8, 4) is 5.75 Å². The van der Waals surface area contributed by atoms with Gasteiger partial charge in [0.1, 0.15) is 6.10 Å². The van der Waals surface area contributed by atoms with E-state index in [1.54, 1.807) is 18.2 Å². The van der Waals surface area contributed by atoms with Crippen molar-refractivity contribution in [2.24, 2.45) is 11.8 Å². The molecule has 128 valence electrons. The summed E-state index contributed by atoms with van der Waals surface area (Å²) in [5, 5.41) is 6.23. The van der Waals surface area contributed by atoms with Crippen LogP contribution in [0.4, 0.5) is 4.39 Å². The molecule has 0 aliphatic carbocycles. The van der Waals surface area contributed by atoms with E-state index in [0.29, 0.717) is 24.8 Å². The fourth-order valence-electron chi connectivity index (χ4n) is 3.00. The number of halogens is 1. The highest BCUT2D eigenvalue weighted by Crippen LogP contribution is 2.24. The van der Waals surface area contributed by atoms with Crippen molar-refractivity contribution in [2.45, 2.75) is 39.2 Å². The lowest BCUT2D eigenvalue weighted by Gasteiger charge is -2.28. The Bertz CT molecular complexity index is 504. The van der Waals surface area contributed by atoms with Crippen molar-refractivity contribution < 1.29 is 13.9 Å². The maximum Gasteiger partial charge on any atom is 0.220 e. The summed E-state index contributed by atoms with van der Waals surface area (Å²) >= 11 is 0. The predicted molar refractivity (Wildman–Crippen MR) is 88.9 cm³/mol. The molecule has 0 aromatic heterocycles. The number of rotatable bonds is 7. The van der Waals surface area contributed by atoms with Crippen LogP contribution in [0, 0.1) is 17.7 Å². The summed E-state index contributed by atoms with van der Waals surface area (Å²) in [5.74, 6) is 0.886. The summed E-state index contributed by atoms with van der Waals surface area (Å²) in [5.41, 5.74) is 0. The van der Waals surface area contributed by atoms with Crippen LogP contribution in [0.25, 0.3) is 0 Å². The minimum atomic E-state index is -0.384. The lowest BCUT2D eigenvalue weighted by atomic mass is 9.84. The number of carbonyl (C=O) groups is 1. The number of hydrogen-bond donors (Lipinski definition) is 2. The molecule has 23 heavy (non-hydrogen) atoms. The van der Waals surface area contributed by atoms with Gasteiger partial charge >= 0.3 is 0 Å². The van der Waals surface area contributed by atoms with Crippen LogP contribution in [-0.4, -0.2) is 31.6 Å². The maximum atomic E-state index is 13.5. The predicted octanol–water partition coefficient (Wildman–Crippen LogP) is 2.74. The number of para-hydroxylation sites is 1. The summed E-state index contributed by atoms with van der Waals surface area (Å²) < 4.78 is 19.0. The van der Waals surface area contributed by atoms with E-state index >= 15 is 0 Å². The van der Waals surface area contributed by atoms with Crippen LogP contribution < -0.4 is 15.4 Å². The van der Waals surface area contributed by atoms with Gasteiger partial charge < -0.3 is 15.4 Å². The van der Waals surface area contributed by atoms with Crippen molar-refractivity contribution in [2.75, 3.05) is 19.6 Å². The number of amides is 1. The number of hydrogen-bond acceptors (Lipinski definition) is 3. The molecule has 0 radical (unpaired) electrons. The first-order valence-corrected chi connectivity index (χ1v) is 8.45. The highest BCUT2D eigenvalue weighted by molar-refractivity contribution is 5.76. The van der Waals surface area contributed by atoms with Gasteiger partial charge in [0.15, 0.2) is 11.6 Å². The molecular formula is C18H27FN2O2. The summed E-state index contributed by atoms with van der Waals surface area (Å²) in [7, 11) is 0. The number of ether oxygens (including phenoxy) is 1. The molecule has 1 aromatic carbocycles. The molecule has 0 bridgehead atoms. The number of nitrogens with one attached hydrogen (secondary N) is 2. The zero-order valence-corrected chi connectivity index (χ0v) is 14.0. The summed E-state index contributed by atoms with van der Waals surface area (Å²) in [6.45, 7) is 6.44. The average Bonchev–Trinajstić information content (AvgIpc) is 2.56. The van der Waals surface area contributed by atoms with E-state index in [0.717, 1.165) is 25.9 Å². The normalized spacial score (nSPS) is 18.2. The van der Waals surface area contributed by atoms with Gasteiger partial charge in [0, 0.05) is 6.42 Å². The smallest absolute Gasteiger partial charge is 0.220 e. The molecule has 1 fully saturated rings. The van der Waals surface area contributed by atoms with E-state index in [4.69, 9.17) is 4.74 Å². The van der Waals surface area contributed by atoms with Gasteiger partial charge in [-0.3, -0.25) is 4.79 Å². The summed E-state index contributed by atoms with van der Waals surface area (Å²) in [6, 6.07) is 6.30. The Morgan fingerprint density at radius 3 is 2.74 bits per heavy atom. The molecule has 5 heteroatoms. The van der Waals surface area contributed by atoms with E-state index in [9.17, 15) is 9.18 Å². The quantitative estimate of drug-likeness (QED) is 0.811. The van der Waals surface area contributed by atoms with E-state index in [1.165, 1.54) is 6.07 Å². The van der Waals surface area contributed by atoms with Crippen molar-refractivity contribution >= 4 is 5.91 Å². The van der Waals surface area contributed by atoms with Gasteiger partial charge in [0.05, 0.1) is 6.54 Å². The monoisotopic (exact) mass is 322 g/mol. The molecule has 2 N–H and O–H groups in total. The molecule has 1 heterocycles. The lowest BCUT2D eigenvalue weighted by Crippen LogP contribution is -2.36. The molecule has 1 amide bonds. The highest BCUT2D eigenvalue weighted by Gasteiger charge is 2.22. The van der Waals surface area contributed by atoms with Crippen LogP contribution in [0.5, 0.6) is 5.75 Å². The SMILES string of the molecule is CC(CNC(=O)CC(C)C1CCNCC1)Oc1ccccc1F. The number of benzene rings is 1. The van der Waals surface area contributed by atoms with Gasteiger partial charge in [0.2, 0.25) is 5.91 Å². The summed E-state index contributed by atoms with van der Waals surface area (Å²) in [4.78, 5) is 12.1. The Labute approximate surface area is 137 Å². The molecule has 1 aliphatic heterocycles. The van der Waals surface area contributed by atoms with E-state index in [2.05, 4.69) is 17.6 Å². The Hall–Kier alpha value is -1.62. The molecule has 0 saturated carbocycles. The zero-order chi connectivity index (χ0) is 16.7. The van der Waals surface area contributed by atoms with Crippen LogP contribution in [-0.2, 0) is 4.79 Å². The van der Waals surface area contributed by atoms with Gasteiger partial charge in [-0.25, -0.2) is 4.39 Å². The van der Waals surface area contributed by atoms with Crippen LogP contribution in [0.2, 0.25) is 0 Å². The molecular weight excluding hydrogens is 295 g/mol. The molecule has 2 rings (SSSR count). The first-order chi connectivity index (χ1) is 11.1. The van der Waals surface area contributed by atoms with E-state index in [-0.39, 0.29) is 23.6 Å². The first-order valence-electron chi connectivity index (χ1n) is 8.45. The third-order valence-electron chi connectivity index (χ3n) is 4.45. The fraction of sp³-hybridized carbons (Fsp3) is 0.611. The first kappa shape index (κ1) is 17.7. The minimum Gasteiger partial charge on any atom is -0.486 e. The van der Waals surface area contributed by atoms with Gasteiger partial charge in [-0.1, -0.05) is 19.1 Å². The van der Waals surface area contributed by atoms with Crippen molar-refractivity contribution in [1.29, 1.82) is 0 Å². The minimum absolute atomic E-state index is 0.0417. The number of piperidine rings is 1. The van der Waals surface area contributed by atoms with Crippen LogP contribution in [0.15, 0.2) is 24.3 Å². The molecule has 2 unspecified atom stereocenters. The topological polar surface area (TPSA) is 50.4 Å². The highest BCUT2D eigenvalue weighted by atomic mass is 19.1. The molecule has 2 atom stereocenters. The third-order valence-corrected chi connectivity index (χ3v) is 4.45. The third kappa shape index (κ3) is 5.82. The van der Waals surface area contributed by atoms with Crippen LogP contribution in [0.3, 0.4) is 0 Å². The second kappa shape index (κ2) is 8.87. The summed E-state index contributed by atoms with van der Waals surface area (Å²) in [6.07, 6.45) is 2.55. The second-order valence-electron chi connectivity index (χ2n) is 6.43. The Balaban J connectivity index is 1.70. The Morgan fingerprint density at radius 1 is 1.35 bits per heavy atom. The molecule has 1 aromatic rings. The molecule has 0 spiro atoms. The van der Waals surface area contributed by atoms with Crippen molar-refractivity contribution in [3.05, 3.63) is 30.1 Å². The van der Waals surface area contributed by atoms with Crippen LogP contribution in [0.1, 0.15) is 33.1 Å². The van der Waals surface area contributed by atoms with E-state index < -0.39 is 0 Å².